The first-order valence-electron chi connectivity index (χ1n) is 13.7. The van der Waals surface area contributed by atoms with Gasteiger partial charge in [-0.2, -0.15) is 0 Å². The highest BCUT2D eigenvalue weighted by Gasteiger charge is 1.96. The highest BCUT2D eigenvalue weighted by atomic mass is 16.6. The Bertz CT molecular complexity index is 343. The van der Waals surface area contributed by atoms with Crippen LogP contribution in [-0.4, -0.2) is 131 Å². The highest BCUT2D eigenvalue weighted by Crippen LogP contribution is 2.04. The summed E-state index contributed by atoms with van der Waals surface area (Å²) < 4.78 is 48.7. The summed E-state index contributed by atoms with van der Waals surface area (Å²) in [5, 5.41) is 8.56. The Morgan fingerprint density at radius 2 is 0.556 bits per heavy atom. The van der Waals surface area contributed by atoms with Crippen molar-refractivity contribution in [3.05, 3.63) is 0 Å². The van der Waals surface area contributed by atoms with Crippen molar-refractivity contribution in [2.45, 2.75) is 45.4 Å². The van der Waals surface area contributed by atoms with Crippen LogP contribution in [0.25, 0.3) is 0 Å². The third-order valence-electron chi connectivity index (χ3n) is 4.85. The summed E-state index contributed by atoms with van der Waals surface area (Å²) in [5.41, 5.74) is 0. The molecule has 0 saturated heterocycles. The predicted octanol–water partition coefficient (Wildman–Crippen LogP) is 2.49. The van der Waals surface area contributed by atoms with Gasteiger partial charge >= 0.3 is 0 Å². The monoisotopic (exact) mass is 526 g/mol. The smallest absolute Gasteiger partial charge is 0.0701 e. The topological polar surface area (TPSA) is 103 Å². The maximum Gasteiger partial charge on any atom is 0.0701 e. The molecule has 0 rings (SSSR count). The molecule has 0 unspecified atom stereocenters. The summed E-state index contributed by atoms with van der Waals surface area (Å²) in [4.78, 5) is 0. The Balaban J connectivity index is 3.00. The van der Waals surface area contributed by atoms with E-state index < -0.39 is 0 Å². The van der Waals surface area contributed by atoms with E-state index in [1.807, 2.05) is 0 Å². The fraction of sp³-hybridized carbons (Fsp3) is 1.00. The molecule has 10 nitrogen and oxygen atoms in total. The van der Waals surface area contributed by atoms with Gasteiger partial charge in [-0.1, -0.05) is 39.0 Å². The molecular weight excluding hydrogens is 472 g/mol. The van der Waals surface area contributed by atoms with E-state index in [1.165, 1.54) is 32.1 Å². The van der Waals surface area contributed by atoms with E-state index >= 15 is 0 Å². The Morgan fingerprint density at radius 3 is 0.861 bits per heavy atom. The minimum absolute atomic E-state index is 0.0324. The zero-order valence-corrected chi connectivity index (χ0v) is 22.8. The van der Waals surface area contributed by atoms with Crippen LogP contribution in [-0.2, 0) is 42.6 Å². The van der Waals surface area contributed by atoms with Crippen LogP contribution in [0.3, 0.4) is 0 Å². The SMILES string of the molecule is CCCCCCCCOCCOCCOCCOCCOCCOCCOCCOCCOCCO. The van der Waals surface area contributed by atoms with Crippen molar-refractivity contribution < 1.29 is 47.7 Å². The number of hydrogen-bond acceptors (Lipinski definition) is 10. The van der Waals surface area contributed by atoms with Crippen molar-refractivity contribution in [2.75, 3.05) is 126 Å². The minimum atomic E-state index is 0.0324. The van der Waals surface area contributed by atoms with Crippen LogP contribution in [0.2, 0.25) is 0 Å². The van der Waals surface area contributed by atoms with E-state index in [-0.39, 0.29) is 6.61 Å². The molecule has 0 saturated carbocycles. The highest BCUT2D eigenvalue weighted by molar-refractivity contribution is 4.43. The molecule has 0 atom stereocenters. The summed E-state index contributed by atoms with van der Waals surface area (Å²) >= 11 is 0. The molecule has 0 aromatic carbocycles. The molecule has 0 aliphatic heterocycles. The van der Waals surface area contributed by atoms with Crippen LogP contribution in [0, 0.1) is 0 Å². The van der Waals surface area contributed by atoms with E-state index in [0.717, 1.165) is 13.0 Å². The van der Waals surface area contributed by atoms with Crippen molar-refractivity contribution in [1.82, 2.24) is 0 Å². The van der Waals surface area contributed by atoms with Crippen molar-refractivity contribution in [2.24, 2.45) is 0 Å². The van der Waals surface area contributed by atoms with E-state index in [1.54, 1.807) is 0 Å². The van der Waals surface area contributed by atoms with Crippen LogP contribution in [0.15, 0.2) is 0 Å². The van der Waals surface area contributed by atoms with Crippen LogP contribution in [0.4, 0.5) is 0 Å². The number of unbranched alkanes of at least 4 members (excludes halogenated alkanes) is 5. The standard InChI is InChI=1S/C26H54O10/c1-2-3-4-5-6-7-9-28-11-13-30-15-17-32-19-21-34-23-25-36-26-24-35-22-20-33-18-16-31-14-12-29-10-8-27/h27H,2-26H2,1H3. The lowest BCUT2D eigenvalue weighted by Gasteiger charge is -2.09. The van der Waals surface area contributed by atoms with Gasteiger partial charge in [0.25, 0.3) is 0 Å². The van der Waals surface area contributed by atoms with Crippen molar-refractivity contribution in [1.29, 1.82) is 0 Å². The molecule has 0 aliphatic rings. The quantitative estimate of drug-likeness (QED) is 0.128. The Morgan fingerprint density at radius 1 is 0.306 bits per heavy atom. The number of aliphatic hydroxyl groups excluding tert-OH is 1. The van der Waals surface area contributed by atoms with Gasteiger partial charge in [-0.25, -0.2) is 0 Å². The van der Waals surface area contributed by atoms with Gasteiger partial charge < -0.3 is 47.7 Å². The molecule has 0 heterocycles. The lowest BCUT2D eigenvalue weighted by Crippen LogP contribution is -2.15. The zero-order chi connectivity index (χ0) is 26.0. The maximum atomic E-state index is 8.56. The first-order chi connectivity index (χ1) is 17.9. The number of aliphatic hydroxyl groups is 1. The van der Waals surface area contributed by atoms with Gasteiger partial charge in [0.15, 0.2) is 0 Å². The molecule has 10 heteroatoms. The number of hydrogen-bond donors (Lipinski definition) is 1. The van der Waals surface area contributed by atoms with E-state index in [4.69, 9.17) is 47.7 Å². The summed E-state index contributed by atoms with van der Waals surface area (Å²) in [6, 6.07) is 0. The van der Waals surface area contributed by atoms with E-state index in [0.29, 0.717) is 112 Å². The molecule has 0 aliphatic carbocycles. The average molecular weight is 527 g/mol. The van der Waals surface area contributed by atoms with Gasteiger partial charge in [0.2, 0.25) is 0 Å². The second kappa shape index (κ2) is 34.6. The van der Waals surface area contributed by atoms with Crippen LogP contribution >= 0.6 is 0 Å². The lowest BCUT2D eigenvalue weighted by atomic mass is 10.1. The van der Waals surface area contributed by atoms with Crippen LogP contribution in [0.5, 0.6) is 0 Å². The normalized spacial score (nSPS) is 11.5. The number of ether oxygens (including phenoxy) is 9. The Labute approximate surface area is 219 Å². The minimum Gasteiger partial charge on any atom is -0.394 e. The second-order valence-corrected chi connectivity index (χ2v) is 8.00. The molecule has 0 aromatic rings. The average Bonchev–Trinajstić information content (AvgIpc) is 2.89. The van der Waals surface area contributed by atoms with Gasteiger partial charge in [0.1, 0.15) is 0 Å². The maximum absolute atomic E-state index is 8.56. The van der Waals surface area contributed by atoms with Crippen LogP contribution in [0.1, 0.15) is 45.4 Å². The van der Waals surface area contributed by atoms with Crippen molar-refractivity contribution in [3.63, 3.8) is 0 Å². The fourth-order valence-corrected chi connectivity index (χ4v) is 2.91. The van der Waals surface area contributed by atoms with Gasteiger partial charge in [-0.3, -0.25) is 0 Å². The fourth-order valence-electron chi connectivity index (χ4n) is 2.91. The first kappa shape index (κ1) is 35.6. The predicted molar refractivity (Wildman–Crippen MR) is 138 cm³/mol. The first-order valence-corrected chi connectivity index (χ1v) is 13.7. The lowest BCUT2D eigenvalue weighted by molar-refractivity contribution is -0.0255. The van der Waals surface area contributed by atoms with Crippen LogP contribution < -0.4 is 0 Å². The van der Waals surface area contributed by atoms with Crippen molar-refractivity contribution >= 4 is 0 Å². The van der Waals surface area contributed by atoms with E-state index in [2.05, 4.69) is 6.92 Å². The zero-order valence-electron chi connectivity index (χ0n) is 22.8. The molecule has 0 radical (unpaired) electrons. The molecule has 0 aromatic heterocycles. The third kappa shape index (κ3) is 33.6. The molecule has 0 bridgehead atoms. The molecule has 0 fully saturated rings. The molecule has 36 heavy (non-hydrogen) atoms. The molecular formula is C26H54O10. The molecule has 218 valence electrons. The number of rotatable bonds is 33. The van der Waals surface area contributed by atoms with Gasteiger partial charge in [0.05, 0.1) is 119 Å². The Hall–Kier alpha value is -0.400. The molecule has 0 amide bonds. The van der Waals surface area contributed by atoms with Gasteiger partial charge in [0, 0.05) is 6.61 Å². The second-order valence-electron chi connectivity index (χ2n) is 8.00. The largest absolute Gasteiger partial charge is 0.394 e. The summed E-state index contributed by atoms with van der Waals surface area (Å²) in [6.45, 7) is 12.1. The van der Waals surface area contributed by atoms with Gasteiger partial charge in [-0.15, -0.1) is 0 Å². The summed E-state index contributed by atoms with van der Waals surface area (Å²) in [6.07, 6.45) is 7.70. The molecule has 0 spiro atoms. The van der Waals surface area contributed by atoms with E-state index in [9.17, 15) is 0 Å². The third-order valence-corrected chi connectivity index (χ3v) is 4.85. The van der Waals surface area contributed by atoms with Gasteiger partial charge in [-0.05, 0) is 6.42 Å². The summed E-state index contributed by atoms with van der Waals surface area (Å²) in [7, 11) is 0. The summed E-state index contributed by atoms with van der Waals surface area (Å²) in [5.74, 6) is 0. The molecule has 1 N–H and O–H groups in total. The van der Waals surface area contributed by atoms with Crippen molar-refractivity contribution in [3.8, 4) is 0 Å². The Kier molecular flexibility index (Phi) is 34.2.